The Morgan fingerprint density at radius 2 is 1.69 bits per heavy atom. The Kier molecular flexibility index (Phi) is 7.94. The molecule has 3 amide bonds. The molecule has 1 atom stereocenters. The van der Waals surface area contributed by atoms with Gasteiger partial charge in [0.05, 0.1) is 11.3 Å². The summed E-state index contributed by atoms with van der Waals surface area (Å²) < 4.78 is 14.0. The molecule has 2 aromatic rings. The standard InChI is InChI=1S/C27H32FN3O4/c1-5-18-13-16(2)22(17(3)14-18)30-26(35)29-21-15-19(28)9-10-20(21)24(32)31-23(25(33)34)27(4)11-7-6-8-12-27/h5,9-10,13-15,23H,1,6-8,11-12H2,2-4H3,(H,31,32)(H,33,34)(H2,29,30,35)/t23-/m1/s1. The highest BCUT2D eigenvalue weighted by Gasteiger charge is 2.41. The van der Waals surface area contributed by atoms with Crippen LogP contribution in [0.2, 0.25) is 0 Å². The van der Waals surface area contributed by atoms with Crippen molar-refractivity contribution < 1.29 is 23.9 Å². The number of amides is 3. The number of carboxylic acid groups (broad SMARTS) is 1. The number of rotatable bonds is 7. The summed E-state index contributed by atoms with van der Waals surface area (Å²) in [6.07, 6.45) is 5.90. The molecular formula is C27H32FN3O4. The summed E-state index contributed by atoms with van der Waals surface area (Å²) in [6, 6.07) is 5.35. The summed E-state index contributed by atoms with van der Waals surface area (Å²) in [7, 11) is 0. The summed E-state index contributed by atoms with van der Waals surface area (Å²) in [5, 5.41) is 17.7. The van der Waals surface area contributed by atoms with Gasteiger partial charge in [-0.1, -0.05) is 38.8 Å². The SMILES string of the molecule is C=Cc1cc(C)c(NC(=O)Nc2cc(F)ccc2C(=O)N[C@H](C(=O)O)C2(C)CCCCC2)c(C)c1. The second-order valence-corrected chi connectivity index (χ2v) is 9.46. The molecule has 2 aromatic carbocycles. The number of aryl methyl sites for hydroxylation is 2. The molecule has 0 heterocycles. The van der Waals surface area contributed by atoms with E-state index in [1.807, 2.05) is 32.9 Å². The number of carboxylic acids is 1. The first kappa shape index (κ1) is 25.9. The Hall–Kier alpha value is -3.68. The van der Waals surface area contributed by atoms with Crippen molar-refractivity contribution in [1.82, 2.24) is 5.32 Å². The lowest BCUT2D eigenvalue weighted by Crippen LogP contribution is -2.52. The Morgan fingerprint density at radius 3 is 2.26 bits per heavy atom. The summed E-state index contributed by atoms with van der Waals surface area (Å²) in [5.41, 5.74) is 2.46. The van der Waals surface area contributed by atoms with Gasteiger partial charge in [0.25, 0.3) is 5.91 Å². The Morgan fingerprint density at radius 1 is 1.06 bits per heavy atom. The number of aliphatic carboxylic acids is 1. The lowest BCUT2D eigenvalue weighted by molar-refractivity contribution is -0.143. The molecule has 1 saturated carbocycles. The van der Waals surface area contributed by atoms with Crippen LogP contribution in [0.1, 0.15) is 66.1 Å². The third kappa shape index (κ3) is 6.07. The normalized spacial score (nSPS) is 15.5. The van der Waals surface area contributed by atoms with Crippen molar-refractivity contribution in [3.63, 3.8) is 0 Å². The number of carbonyl (C=O) groups is 3. The number of nitrogens with one attached hydrogen (secondary N) is 3. The van der Waals surface area contributed by atoms with Crippen LogP contribution in [0, 0.1) is 25.1 Å². The molecular weight excluding hydrogens is 449 g/mol. The van der Waals surface area contributed by atoms with Crippen molar-refractivity contribution in [3.05, 3.63) is 65.0 Å². The van der Waals surface area contributed by atoms with Gasteiger partial charge in [-0.2, -0.15) is 0 Å². The van der Waals surface area contributed by atoms with Crippen LogP contribution in [-0.4, -0.2) is 29.1 Å². The van der Waals surface area contributed by atoms with Gasteiger partial charge in [0.15, 0.2) is 0 Å². The summed E-state index contributed by atoms with van der Waals surface area (Å²) in [6.45, 7) is 9.30. The quantitative estimate of drug-likeness (QED) is 0.396. The van der Waals surface area contributed by atoms with E-state index in [1.165, 1.54) is 6.07 Å². The van der Waals surface area contributed by atoms with Gasteiger partial charge < -0.3 is 21.1 Å². The molecule has 1 aliphatic carbocycles. The molecule has 1 aliphatic rings. The van der Waals surface area contributed by atoms with Gasteiger partial charge in [-0.15, -0.1) is 0 Å². The molecule has 0 aliphatic heterocycles. The molecule has 7 nitrogen and oxygen atoms in total. The Bertz CT molecular complexity index is 1130. The maximum Gasteiger partial charge on any atom is 0.326 e. The van der Waals surface area contributed by atoms with Crippen molar-refractivity contribution in [2.45, 2.75) is 58.9 Å². The molecule has 8 heteroatoms. The number of anilines is 2. The molecule has 186 valence electrons. The van der Waals surface area contributed by atoms with Gasteiger partial charge >= 0.3 is 12.0 Å². The monoisotopic (exact) mass is 481 g/mol. The predicted molar refractivity (Wildman–Crippen MR) is 135 cm³/mol. The van der Waals surface area contributed by atoms with Crippen LogP contribution < -0.4 is 16.0 Å². The van der Waals surface area contributed by atoms with E-state index in [9.17, 15) is 23.9 Å². The molecule has 0 saturated heterocycles. The predicted octanol–water partition coefficient (Wildman–Crippen LogP) is 5.88. The number of halogens is 1. The van der Waals surface area contributed by atoms with E-state index in [0.29, 0.717) is 18.5 Å². The number of benzene rings is 2. The molecule has 0 unspecified atom stereocenters. The van der Waals surface area contributed by atoms with E-state index in [4.69, 9.17) is 0 Å². The van der Waals surface area contributed by atoms with E-state index >= 15 is 0 Å². The molecule has 0 spiro atoms. The van der Waals surface area contributed by atoms with E-state index < -0.39 is 35.2 Å². The van der Waals surface area contributed by atoms with Crippen LogP contribution >= 0.6 is 0 Å². The highest BCUT2D eigenvalue weighted by Crippen LogP contribution is 2.39. The van der Waals surface area contributed by atoms with Crippen LogP contribution in [0.4, 0.5) is 20.6 Å². The van der Waals surface area contributed by atoms with E-state index in [1.54, 1.807) is 6.08 Å². The fourth-order valence-corrected chi connectivity index (χ4v) is 4.79. The first-order valence-corrected chi connectivity index (χ1v) is 11.7. The van der Waals surface area contributed by atoms with Gasteiger partial charge in [-0.25, -0.2) is 14.0 Å². The number of carbonyl (C=O) groups excluding carboxylic acids is 2. The molecule has 3 rings (SSSR count). The number of urea groups is 1. The van der Waals surface area contributed by atoms with Gasteiger partial charge in [0.1, 0.15) is 11.9 Å². The van der Waals surface area contributed by atoms with E-state index in [0.717, 1.165) is 48.1 Å². The molecule has 35 heavy (non-hydrogen) atoms. The second kappa shape index (κ2) is 10.7. The fourth-order valence-electron chi connectivity index (χ4n) is 4.79. The largest absolute Gasteiger partial charge is 0.480 e. The summed E-state index contributed by atoms with van der Waals surface area (Å²) in [5.74, 6) is -2.46. The highest BCUT2D eigenvalue weighted by molar-refractivity contribution is 6.07. The third-order valence-electron chi connectivity index (χ3n) is 6.72. The molecule has 0 radical (unpaired) electrons. The lowest BCUT2D eigenvalue weighted by atomic mass is 9.70. The van der Waals surface area contributed by atoms with Gasteiger partial charge in [-0.05, 0) is 79.1 Å². The zero-order valence-electron chi connectivity index (χ0n) is 20.3. The maximum absolute atomic E-state index is 14.0. The van der Waals surface area contributed by atoms with Gasteiger partial charge in [-0.3, -0.25) is 4.79 Å². The van der Waals surface area contributed by atoms with E-state index in [2.05, 4.69) is 22.5 Å². The molecule has 4 N–H and O–H groups in total. The topological polar surface area (TPSA) is 108 Å². The first-order valence-electron chi connectivity index (χ1n) is 11.7. The van der Waals surface area contributed by atoms with Crippen LogP contribution in [0.5, 0.6) is 0 Å². The van der Waals surface area contributed by atoms with Crippen LogP contribution in [0.3, 0.4) is 0 Å². The lowest BCUT2D eigenvalue weighted by Gasteiger charge is -2.38. The number of hydrogen-bond donors (Lipinski definition) is 4. The van der Waals surface area contributed by atoms with Crippen LogP contribution in [0.15, 0.2) is 36.9 Å². The third-order valence-corrected chi connectivity index (χ3v) is 6.72. The number of hydrogen-bond acceptors (Lipinski definition) is 3. The minimum atomic E-state index is -1.12. The van der Waals surface area contributed by atoms with Crippen molar-refractivity contribution in [3.8, 4) is 0 Å². The van der Waals surface area contributed by atoms with Crippen molar-refractivity contribution in [2.75, 3.05) is 10.6 Å². The van der Waals surface area contributed by atoms with Gasteiger partial charge in [0.2, 0.25) is 0 Å². The first-order chi connectivity index (χ1) is 16.5. The van der Waals surface area contributed by atoms with Crippen molar-refractivity contribution >= 4 is 35.4 Å². The van der Waals surface area contributed by atoms with Crippen LogP contribution in [0.25, 0.3) is 6.08 Å². The summed E-state index contributed by atoms with van der Waals surface area (Å²) >= 11 is 0. The minimum Gasteiger partial charge on any atom is -0.480 e. The fraction of sp³-hybridized carbons (Fsp3) is 0.370. The smallest absolute Gasteiger partial charge is 0.326 e. The van der Waals surface area contributed by atoms with Crippen molar-refractivity contribution in [1.29, 1.82) is 0 Å². The van der Waals surface area contributed by atoms with Crippen molar-refractivity contribution in [2.24, 2.45) is 5.41 Å². The average Bonchev–Trinajstić information content (AvgIpc) is 2.79. The zero-order valence-corrected chi connectivity index (χ0v) is 20.3. The second-order valence-electron chi connectivity index (χ2n) is 9.46. The zero-order chi connectivity index (χ0) is 25.8. The van der Waals surface area contributed by atoms with E-state index in [-0.39, 0.29) is 11.3 Å². The van der Waals surface area contributed by atoms with Crippen LogP contribution in [-0.2, 0) is 4.79 Å². The summed E-state index contributed by atoms with van der Waals surface area (Å²) in [4.78, 5) is 37.9. The Balaban J connectivity index is 1.82. The average molecular weight is 482 g/mol. The Labute approximate surface area is 204 Å². The molecule has 1 fully saturated rings. The minimum absolute atomic E-state index is 0.0253. The molecule has 0 bridgehead atoms. The maximum atomic E-state index is 14.0. The van der Waals surface area contributed by atoms with Gasteiger partial charge in [0, 0.05) is 5.69 Å². The highest BCUT2D eigenvalue weighted by atomic mass is 19.1. The molecule has 0 aromatic heterocycles.